The fraction of sp³-hybridized carbons (Fsp3) is 0.125. The molecule has 0 bridgehead atoms. The average molecular weight is 363 g/mol. The summed E-state index contributed by atoms with van der Waals surface area (Å²) in [5.74, 6) is -2.79. The minimum atomic E-state index is -4.78. The molecule has 2 N–H and O–H groups in total. The van der Waals surface area contributed by atoms with Crippen molar-refractivity contribution < 1.29 is 23.1 Å². The first kappa shape index (κ1) is 17.4. The van der Waals surface area contributed by atoms with Crippen LogP contribution in [0, 0.1) is 6.92 Å². The lowest BCUT2D eigenvalue weighted by molar-refractivity contribution is -0.144. The molecule has 0 spiro atoms. The van der Waals surface area contributed by atoms with E-state index < -0.39 is 18.0 Å². The zero-order valence-electron chi connectivity index (χ0n) is 13.3. The highest BCUT2D eigenvalue weighted by Crippen LogP contribution is 2.29. The average Bonchev–Trinajstić information content (AvgIpc) is 2.97. The zero-order chi connectivity index (χ0) is 18.9. The first-order valence-corrected chi connectivity index (χ1v) is 7.32. The number of nitrogens with one attached hydrogen (secondary N) is 1. The number of aromatic nitrogens is 4. The smallest absolute Gasteiger partial charge is 0.451 e. The first-order chi connectivity index (χ1) is 12.3. The Hall–Kier alpha value is -3.43. The summed E-state index contributed by atoms with van der Waals surface area (Å²) in [5, 5.41) is 15.5. The second-order valence-corrected chi connectivity index (χ2v) is 5.32. The number of aryl methyl sites for hydroxylation is 1. The van der Waals surface area contributed by atoms with Crippen LogP contribution in [0.1, 0.15) is 17.0 Å². The Labute approximate surface area is 144 Å². The molecule has 1 aromatic carbocycles. The van der Waals surface area contributed by atoms with Crippen molar-refractivity contribution >= 4 is 29.3 Å². The summed E-state index contributed by atoms with van der Waals surface area (Å²) in [7, 11) is 0. The van der Waals surface area contributed by atoms with Crippen molar-refractivity contribution in [2.24, 2.45) is 0 Å². The first-order valence-electron chi connectivity index (χ1n) is 7.32. The van der Waals surface area contributed by atoms with Crippen LogP contribution in [-0.4, -0.2) is 30.7 Å². The largest absolute Gasteiger partial charge is 0.478 e. The van der Waals surface area contributed by atoms with Crippen molar-refractivity contribution in [1.82, 2.24) is 19.6 Å². The summed E-state index contributed by atoms with van der Waals surface area (Å²) in [4.78, 5) is 17.7. The molecule has 0 saturated heterocycles. The number of para-hydroxylation sites is 1. The Balaban J connectivity index is 2.18. The van der Waals surface area contributed by atoms with Crippen LogP contribution in [0.3, 0.4) is 0 Å². The second kappa shape index (κ2) is 6.47. The fourth-order valence-electron chi connectivity index (χ4n) is 2.21. The van der Waals surface area contributed by atoms with Gasteiger partial charge in [-0.1, -0.05) is 18.2 Å². The molecule has 0 fully saturated rings. The minimum absolute atomic E-state index is 0.119. The maximum absolute atomic E-state index is 13.2. The van der Waals surface area contributed by atoms with Crippen LogP contribution in [0.5, 0.6) is 0 Å². The van der Waals surface area contributed by atoms with E-state index in [1.807, 2.05) is 0 Å². The summed E-state index contributed by atoms with van der Waals surface area (Å²) < 4.78 is 40.6. The number of hydrogen-bond acceptors (Lipinski definition) is 5. The zero-order valence-corrected chi connectivity index (χ0v) is 13.3. The molecular formula is C16H12F3N5O2. The van der Waals surface area contributed by atoms with Crippen molar-refractivity contribution in [3.8, 4) is 0 Å². The molecule has 2 aromatic heterocycles. The topological polar surface area (TPSA) is 92.4 Å². The van der Waals surface area contributed by atoms with Gasteiger partial charge < -0.3 is 10.4 Å². The fourth-order valence-corrected chi connectivity index (χ4v) is 2.21. The summed E-state index contributed by atoms with van der Waals surface area (Å²) in [6.45, 7) is 1.79. The van der Waals surface area contributed by atoms with Gasteiger partial charge >= 0.3 is 12.1 Å². The number of alkyl halides is 3. The molecule has 7 nitrogen and oxygen atoms in total. The lowest BCUT2D eigenvalue weighted by atomic mass is 10.2. The Morgan fingerprint density at radius 2 is 2.00 bits per heavy atom. The lowest BCUT2D eigenvalue weighted by Crippen LogP contribution is -2.15. The van der Waals surface area contributed by atoms with Crippen LogP contribution in [0.15, 0.2) is 36.5 Å². The number of rotatable bonds is 4. The van der Waals surface area contributed by atoms with Gasteiger partial charge in [-0.15, -0.1) is 0 Å². The molecule has 0 aliphatic carbocycles. The number of hydrogen-bond donors (Lipinski definition) is 2. The maximum atomic E-state index is 13.2. The molecule has 10 heteroatoms. The van der Waals surface area contributed by atoms with E-state index in [1.165, 1.54) is 6.20 Å². The standard InChI is InChI=1S/C16H12F3N5O2/c1-9-4-2-3-5-11(9)21-15-23-14(16(17,18)19)22-13-10(6-7-12(25)26)8-20-24(13)15/h2-8H,1H3,(H,25,26)(H,21,22,23)/b7-6+. The number of benzene rings is 1. The van der Waals surface area contributed by atoms with E-state index in [2.05, 4.69) is 20.4 Å². The molecule has 2 heterocycles. The van der Waals surface area contributed by atoms with E-state index in [9.17, 15) is 18.0 Å². The van der Waals surface area contributed by atoms with E-state index in [-0.39, 0.29) is 17.2 Å². The van der Waals surface area contributed by atoms with Crippen molar-refractivity contribution in [2.75, 3.05) is 5.32 Å². The molecule has 0 amide bonds. The second-order valence-electron chi connectivity index (χ2n) is 5.32. The highest BCUT2D eigenvalue weighted by molar-refractivity contribution is 5.86. The molecule has 3 aromatic rings. The molecule has 26 heavy (non-hydrogen) atoms. The highest BCUT2D eigenvalue weighted by Gasteiger charge is 2.36. The lowest BCUT2D eigenvalue weighted by Gasteiger charge is -2.12. The predicted molar refractivity (Wildman–Crippen MR) is 86.9 cm³/mol. The summed E-state index contributed by atoms with van der Waals surface area (Å²) >= 11 is 0. The number of aliphatic carboxylic acids is 1. The molecule has 0 radical (unpaired) electrons. The maximum Gasteiger partial charge on any atom is 0.451 e. The minimum Gasteiger partial charge on any atom is -0.478 e. The van der Waals surface area contributed by atoms with Crippen LogP contribution < -0.4 is 5.32 Å². The van der Waals surface area contributed by atoms with Gasteiger partial charge in [-0.3, -0.25) is 0 Å². The number of carbonyl (C=O) groups is 1. The molecule has 3 rings (SSSR count). The normalized spacial score (nSPS) is 12.0. The van der Waals surface area contributed by atoms with E-state index >= 15 is 0 Å². The Morgan fingerprint density at radius 1 is 1.27 bits per heavy atom. The molecule has 0 saturated carbocycles. The molecular weight excluding hydrogens is 351 g/mol. The molecule has 0 atom stereocenters. The van der Waals surface area contributed by atoms with Gasteiger partial charge in [-0.05, 0) is 24.6 Å². The third-order valence-electron chi connectivity index (χ3n) is 3.45. The van der Waals surface area contributed by atoms with E-state index in [0.29, 0.717) is 5.69 Å². The van der Waals surface area contributed by atoms with Crippen molar-refractivity contribution in [2.45, 2.75) is 13.1 Å². The highest BCUT2D eigenvalue weighted by atomic mass is 19.4. The van der Waals surface area contributed by atoms with E-state index in [0.717, 1.165) is 22.2 Å². The van der Waals surface area contributed by atoms with Gasteiger partial charge in [0.05, 0.1) is 6.20 Å². The van der Waals surface area contributed by atoms with Gasteiger partial charge in [0.2, 0.25) is 11.8 Å². The van der Waals surface area contributed by atoms with Gasteiger partial charge in [0.25, 0.3) is 0 Å². The Bertz CT molecular complexity index is 1010. The third kappa shape index (κ3) is 3.48. The number of halogens is 3. The molecule has 0 aliphatic rings. The van der Waals surface area contributed by atoms with E-state index in [1.54, 1.807) is 31.2 Å². The number of nitrogens with zero attached hydrogens (tertiary/aromatic N) is 4. The van der Waals surface area contributed by atoms with Crippen LogP contribution in [0.2, 0.25) is 0 Å². The van der Waals surface area contributed by atoms with Crippen LogP contribution in [0.25, 0.3) is 11.7 Å². The number of anilines is 2. The third-order valence-corrected chi connectivity index (χ3v) is 3.45. The quantitative estimate of drug-likeness (QED) is 0.691. The van der Waals surface area contributed by atoms with Gasteiger partial charge in [0, 0.05) is 17.3 Å². The van der Waals surface area contributed by atoms with Crippen LogP contribution in [0.4, 0.5) is 24.8 Å². The van der Waals surface area contributed by atoms with E-state index in [4.69, 9.17) is 5.11 Å². The van der Waals surface area contributed by atoms with Gasteiger partial charge in [-0.2, -0.15) is 27.8 Å². The Kier molecular flexibility index (Phi) is 4.33. The molecule has 134 valence electrons. The number of fused-ring (bicyclic) bond motifs is 1. The number of carboxylic acid groups (broad SMARTS) is 1. The van der Waals surface area contributed by atoms with Crippen molar-refractivity contribution in [3.05, 3.63) is 53.5 Å². The SMILES string of the molecule is Cc1ccccc1Nc1nc(C(F)(F)F)nc2c(/C=C/C(=O)O)cnn12. The molecule has 0 aliphatic heterocycles. The summed E-state index contributed by atoms with van der Waals surface area (Å²) in [6, 6.07) is 6.99. The van der Waals surface area contributed by atoms with Gasteiger partial charge in [0.15, 0.2) is 5.65 Å². The van der Waals surface area contributed by atoms with Crippen LogP contribution >= 0.6 is 0 Å². The van der Waals surface area contributed by atoms with Crippen molar-refractivity contribution in [3.63, 3.8) is 0 Å². The predicted octanol–water partition coefficient (Wildman–Crippen LogP) is 3.29. The van der Waals surface area contributed by atoms with Gasteiger partial charge in [0.1, 0.15) is 0 Å². The summed E-state index contributed by atoms with van der Waals surface area (Å²) in [6.07, 6.45) is -1.65. The monoisotopic (exact) mass is 363 g/mol. The van der Waals surface area contributed by atoms with Crippen molar-refractivity contribution in [1.29, 1.82) is 0 Å². The number of carboxylic acids is 1. The summed E-state index contributed by atoms with van der Waals surface area (Å²) in [5.41, 5.74) is 1.30. The van der Waals surface area contributed by atoms with Crippen LogP contribution in [-0.2, 0) is 11.0 Å². The Morgan fingerprint density at radius 3 is 2.65 bits per heavy atom. The van der Waals surface area contributed by atoms with Gasteiger partial charge in [-0.25, -0.2) is 9.78 Å². The molecule has 0 unspecified atom stereocenters.